The molecule has 4 rings (SSSR count). The summed E-state index contributed by atoms with van der Waals surface area (Å²) < 4.78 is 0. The number of urea groups is 1. The Morgan fingerprint density at radius 2 is 1.83 bits per heavy atom. The lowest BCUT2D eigenvalue weighted by Crippen LogP contribution is -2.47. The number of nitrogens with one attached hydrogen (secondary N) is 3. The minimum atomic E-state index is -0.509. The van der Waals surface area contributed by atoms with Crippen LogP contribution in [0.1, 0.15) is 29.0 Å². The van der Waals surface area contributed by atoms with Gasteiger partial charge in [0.15, 0.2) is 0 Å². The predicted octanol–water partition coefficient (Wildman–Crippen LogP) is 2.49. The van der Waals surface area contributed by atoms with E-state index < -0.39 is 11.9 Å². The topological polar surface area (TPSA) is 96.2 Å². The highest BCUT2D eigenvalue weighted by atomic mass is 16.2. The van der Waals surface area contributed by atoms with Crippen LogP contribution in [0.25, 0.3) is 0 Å². The van der Waals surface area contributed by atoms with Gasteiger partial charge in [0.05, 0.1) is 11.4 Å². The molecule has 0 spiro atoms. The fourth-order valence-corrected chi connectivity index (χ4v) is 4.14. The van der Waals surface area contributed by atoms with Crippen LogP contribution in [-0.2, 0) is 11.2 Å². The molecule has 29 heavy (non-hydrogen) atoms. The third-order valence-corrected chi connectivity index (χ3v) is 5.59. The summed E-state index contributed by atoms with van der Waals surface area (Å²) in [5.74, 6) is 0.181. The van der Waals surface area contributed by atoms with E-state index in [1.165, 1.54) is 16.7 Å². The van der Waals surface area contributed by atoms with Crippen molar-refractivity contribution in [3.63, 3.8) is 0 Å². The van der Waals surface area contributed by atoms with Gasteiger partial charge in [0.1, 0.15) is 5.70 Å². The van der Waals surface area contributed by atoms with E-state index in [1.807, 2.05) is 6.07 Å². The Kier molecular flexibility index (Phi) is 5.08. The van der Waals surface area contributed by atoms with Crippen molar-refractivity contribution in [3.8, 4) is 0 Å². The van der Waals surface area contributed by atoms with Crippen molar-refractivity contribution in [1.29, 1.82) is 0 Å². The Bertz CT molecular complexity index is 997. The smallest absolute Gasteiger partial charge is 0.323 e. The minimum Gasteiger partial charge on any atom is -0.395 e. The summed E-state index contributed by atoms with van der Waals surface area (Å²) in [6, 6.07) is 18.5. The number of rotatable bonds is 4. The fourth-order valence-electron chi connectivity index (χ4n) is 4.14. The Morgan fingerprint density at radius 3 is 2.62 bits per heavy atom. The number of carbonyl (C=O) groups is 2. The molecule has 0 bridgehead atoms. The van der Waals surface area contributed by atoms with Crippen LogP contribution in [-0.4, -0.2) is 18.5 Å². The van der Waals surface area contributed by atoms with Gasteiger partial charge < -0.3 is 21.7 Å². The Hall–Kier alpha value is -3.54. The molecule has 0 saturated carbocycles. The molecule has 1 aliphatic carbocycles. The first-order chi connectivity index (χ1) is 14.0. The summed E-state index contributed by atoms with van der Waals surface area (Å²) in [5, 5.41) is 7.85. The SMILES string of the molecule is C=C1NC(=O)NC(C(=O)NCC2Cc3ccccc3C(c3ccccc3)C2)=C1N. The van der Waals surface area contributed by atoms with Crippen molar-refractivity contribution >= 4 is 11.9 Å². The second kappa shape index (κ2) is 7.83. The van der Waals surface area contributed by atoms with Crippen molar-refractivity contribution in [2.45, 2.75) is 18.8 Å². The fraction of sp³-hybridized carbons (Fsp3) is 0.217. The van der Waals surface area contributed by atoms with Gasteiger partial charge in [0, 0.05) is 12.5 Å². The molecule has 2 unspecified atom stereocenters. The molecule has 2 aromatic rings. The summed E-state index contributed by atoms with van der Waals surface area (Å²) >= 11 is 0. The standard InChI is InChI=1S/C23H24N4O2/c1-14-20(24)21(27-23(29)26-14)22(28)25-13-15-11-17-9-5-6-10-18(17)19(12-15)16-7-3-2-4-8-16/h2-10,15,19H,1,11-13,24H2,(H,25,28)(H2,26,27,29). The lowest BCUT2D eigenvalue weighted by Gasteiger charge is -2.32. The molecule has 2 atom stereocenters. The number of hydrogen-bond acceptors (Lipinski definition) is 3. The van der Waals surface area contributed by atoms with Gasteiger partial charge >= 0.3 is 6.03 Å². The monoisotopic (exact) mass is 388 g/mol. The van der Waals surface area contributed by atoms with Crippen LogP contribution in [0.2, 0.25) is 0 Å². The molecule has 0 fully saturated rings. The summed E-state index contributed by atoms with van der Waals surface area (Å²) in [4.78, 5) is 24.2. The molecule has 6 heteroatoms. The second-order valence-corrected chi connectivity index (χ2v) is 7.52. The molecule has 3 amide bonds. The molecule has 6 nitrogen and oxygen atoms in total. The van der Waals surface area contributed by atoms with Crippen LogP contribution < -0.4 is 21.7 Å². The van der Waals surface area contributed by atoms with Gasteiger partial charge in [-0.05, 0) is 35.4 Å². The third kappa shape index (κ3) is 3.87. The van der Waals surface area contributed by atoms with Gasteiger partial charge in [-0.3, -0.25) is 4.79 Å². The van der Waals surface area contributed by atoms with Gasteiger partial charge in [-0.15, -0.1) is 0 Å². The molecule has 5 N–H and O–H groups in total. The van der Waals surface area contributed by atoms with Crippen molar-refractivity contribution in [3.05, 3.63) is 95.0 Å². The molecule has 2 aliphatic rings. The molecule has 0 radical (unpaired) electrons. The van der Waals surface area contributed by atoms with Crippen LogP contribution >= 0.6 is 0 Å². The van der Waals surface area contributed by atoms with E-state index in [9.17, 15) is 9.59 Å². The molecule has 0 saturated heterocycles. The molecule has 2 aromatic carbocycles. The summed E-state index contributed by atoms with van der Waals surface area (Å²) in [7, 11) is 0. The highest BCUT2D eigenvalue weighted by Gasteiger charge is 2.29. The van der Waals surface area contributed by atoms with E-state index in [0.29, 0.717) is 12.5 Å². The number of carbonyl (C=O) groups excluding carboxylic acids is 2. The molecular weight excluding hydrogens is 364 g/mol. The maximum Gasteiger partial charge on any atom is 0.323 e. The van der Waals surface area contributed by atoms with E-state index >= 15 is 0 Å². The molecule has 1 aliphatic heterocycles. The average Bonchev–Trinajstić information content (AvgIpc) is 2.74. The van der Waals surface area contributed by atoms with Crippen LogP contribution in [0.15, 0.2) is 78.3 Å². The average molecular weight is 388 g/mol. The van der Waals surface area contributed by atoms with E-state index in [1.54, 1.807) is 0 Å². The summed E-state index contributed by atoms with van der Waals surface area (Å²) in [5.41, 5.74) is 10.3. The lowest BCUT2D eigenvalue weighted by molar-refractivity contribution is -0.118. The van der Waals surface area contributed by atoms with Crippen molar-refractivity contribution in [1.82, 2.24) is 16.0 Å². The van der Waals surface area contributed by atoms with Gasteiger partial charge in [-0.2, -0.15) is 0 Å². The normalized spacial score (nSPS) is 21.1. The number of benzene rings is 2. The number of hydrogen-bond donors (Lipinski definition) is 4. The predicted molar refractivity (Wildman–Crippen MR) is 112 cm³/mol. The van der Waals surface area contributed by atoms with E-state index in [4.69, 9.17) is 5.73 Å². The first-order valence-electron chi connectivity index (χ1n) is 9.71. The highest BCUT2D eigenvalue weighted by molar-refractivity contribution is 6.00. The van der Waals surface area contributed by atoms with E-state index in [0.717, 1.165) is 12.8 Å². The minimum absolute atomic E-state index is 0.0505. The largest absolute Gasteiger partial charge is 0.395 e. The van der Waals surface area contributed by atoms with Crippen LogP contribution in [0, 0.1) is 5.92 Å². The van der Waals surface area contributed by atoms with Crippen molar-refractivity contribution < 1.29 is 9.59 Å². The first-order valence-corrected chi connectivity index (χ1v) is 9.71. The molecule has 0 aromatic heterocycles. The lowest BCUT2D eigenvalue weighted by atomic mass is 9.74. The second-order valence-electron chi connectivity index (χ2n) is 7.52. The molecular formula is C23H24N4O2. The zero-order valence-electron chi connectivity index (χ0n) is 16.1. The molecule has 1 heterocycles. The number of fused-ring (bicyclic) bond motifs is 1. The van der Waals surface area contributed by atoms with Gasteiger partial charge in [0.2, 0.25) is 0 Å². The van der Waals surface area contributed by atoms with Crippen LogP contribution in [0.3, 0.4) is 0 Å². The van der Waals surface area contributed by atoms with Crippen LogP contribution in [0.4, 0.5) is 4.79 Å². The Labute approximate surface area is 169 Å². The van der Waals surface area contributed by atoms with E-state index in [-0.39, 0.29) is 23.0 Å². The van der Waals surface area contributed by atoms with Crippen molar-refractivity contribution in [2.75, 3.05) is 6.54 Å². The number of nitrogens with two attached hydrogens (primary N) is 1. The van der Waals surface area contributed by atoms with Gasteiger partial charge in [-0.25, -0.2) is 4.79 Å². The van der Waals surface area contributed by atoms with E-state index in [2.05, 4.69) is 71.1 Å². The van der Waals surface area contributed by atoms with Gasteiger partial charge in [-0.1, -0.05) is 61.2 Å². The molecule has 148 valence electrons. The first kappa shape index (κ1) is 18.8. The third-order valence-electron chi connectivity index (χ3n) is 5.59. The zero-order chi connectivity index (χ0) is 20.4. The Morgan fingerprint density at radius 1 is 1.10 bits per heavy atom. The maximum absolute atomic E-state index is 12.6. The quantitative estimate of drug-likeness (QED) is 0.648. The summed E-state index contributed by atoms with van der Waals surface area (Å²) in [6.45, 7) is 4.16. The Balaban J connectivity index is 1.50. The zero-order valence-corrected chi connectivity index (χ0v) is 16.1. The highest BCUT2D eigenvalue weighted by Crippen LogP contribution is 2.39. The van der Waals surface area contributed by atoms with Gasteiger partial charge in [0.25, 0.3) is 5.91 Å². The maximum atomic E-state index is 12.6. The number of amides is 3. The summed E-state index contributed by atoms with van der Waals surface area (Å²) in [6.07, 6.45) is 1.84. The van der Waals surface area contributed by atoms with Crippen LogP contribution in [0.5, 0.6) is 0 Å². The van der Waals surface area contributed by atoms with Crippen molar-refractivity contribution in [2.24, 2.45) is 11.7 Å².